The molecule has 9 nitrogen and oxygen atoms in total. The van der Waals surface area contributed by atoms with E-state index in [4.69, 9.17) is 14.6 Å². The van der Waals surface area contributed by atoms with Gasteiger partial charge in [-0.2, -0.15) is 10.2 Å². The molecule has 0 radical (unpaired) electrons. The number of methoxy groups -OCH3 is 1. The molecule has 182 valence electrons. The van der Waals surface area contributed by atoms with Gasteiger partial charge in [0.2, 0.25) is 5.91 Å². The summed E-state index contributed by atoms with van der Waals surface area (Å²) in [5, 5.41) is 9.48. The van der Waals surface area contributed by atoms with Crippen molar-refractivity contribution < 1.29 is 14.3 Å². The van der Waals surface area contributed by atoms with Crippen LogP contribution >= 0.6 is 0 Å². The lowest BCUT2D eigenvalue weighted by Crippen LogP contribution is -2.37. The predicted octanol–water partition coefficient (Wildman–Crippen LogP) is 3.29. The molecule has 0 bridgehead atoms. The van der Waals surface area contributed by atoms with Crippen LogP contribution in [0.25, 0.3) is 17.2 Å². The first-order valence-electron chi connectivity index (χ1n) is 12.1. The fraction of sp³-hybridized carbons (Fsp3) is 0.423. The van der Waals surface area contributed by atoms with Crippen LogP contribution in [0.15, 0.2) is 36.8 Å². The van der Waals surface area contributed by atoms with Crippen LogP contribution in [-0.2, 0) is 34.3 Å². The Morgan fingerprint density at radius 3 is 2.86 bits per heavy atom. The lowest BCUT2D eigenvalue weighted by atomic mass is 9.95. The van der Waals surface area contributed by atoms with Crippen molar-refractivity contribution in [2.45, 2.75) is 38.5 Å². The van der Waals surface area contributed by atoms with E-state index in [0.29, 0.717) is 19.7 Å². The third kappa shape index (κ3) is 3.84. The second kappa shape index (κ2) is 8.66. The Bertz CT molecular complexity index is 1300. The highest BCUT2D eigenvalue weighted by molar-refractivity contribution is 5.79. The number of amides is 1. The van der Waals surface area contributed by atoms with Crippen LogP contribution in [0.1, 0.15) is 36.2 Å². The first-order valence-corrected chi connectivity index (χ1v) is 12.1. The van der Waals surface area contributed by atoms with Crippen LogP contribution in [0, 0.1) is 0 Å². The summed E-state index contributed by atoms with van der Waals surface area (Å²) < 4.78 is 15.5. The zero-order valence-electron chi connectivity index (χ0n) is 20.3. The van der Waals surface area contributed by atoms with Gasteiger partial charge in [0.1, 0.15) is 0 Å². The number of hydrogen-bond donors (Lipinski definition) is 0. The minimum atomic E-state index is 0.0183. The second-order valence-corrected chi connectivity index (χ2v) is 9.53. The van der Waals surface area contributed by atoms with E-state index in [1.165, 1.54) is 5.56 Å². The molecule has 2 atom stereocenters. The Morgan fingerprint density at radius 1 is 1.26 bits per heavy atom. The Morgan fingerprint density at radius 2 is 2.14 bits per heavy atom. The van der Waals surface area contributed by atoms with Gasteiger partial charge < -0.3 is 19.3 Å². The Labute approximate surface area is 204 Å². The normalized spacial score (nSPS) is 21.3. The fourth-order valence-corrected chi connectivity index (χ4v) is 5.34. The molecule has 3 aliphatic heterocycles. The number of nitrogens with zero attached hydrogens (tertiary/aromatic N) is 6. The van der Waals surface area contributed by atoms with Crippen LogP contribution in [-0.4, -0.2) is 63.3 Å². The van der Waals surface area contributed by atoms with Crippen molar-refractivity contribution in [1.82, 2.24) is 24.5 Å². The maximum Gasteiger partial charge on any atom is 0.223 e. The van der Waals surface area contributed by atoms with Crippen LogP contribution in [0.5, 0.6) is 0 Å². The third-order valence-corrected chi connectivity index (χ3v) is 7.26. The molecule has 0 saturated carbocycles. The van der Waals surface area contributed by atoms with Crippen molar-refractivity contribution in [3.8, 4) is 11.1 Å². The van der Waals surface area contributed by atoms with Crippen LogP contribution < -0.4 is 4.90 Å². The highest BCUT2D eigenvalue weighted by Gasteiger charge is 2.34. The summed E-state index contributed by atoms with van der Waals surface area (Å²) in [5.41, 5.74) is 6.69. The molecule has 1 unspecified atom stereocenters. The van der Waals surface area contributed by atoms with Crippen molar-refractivity contribution >= 4 is 23.5 Å². The summed E-state index contributed by atoms with van der Waals surface area (Å²) in [6, 6.07) is 6.75. The lowest BCUT2D eigenvalue weighted by molar-refractivity contribution is -0.126. The Hall–Kier alpha value is -3.43. The summed E-state index contributed by atoms with van der Waals surface area (Å²) in [4.78, 5) is 16.2. The molecule has 0 spiro atoms. The van der Waals surface area contributed by atoms with E-state index >= 15 is 0 Å². The number of carbonyl (C=O) groups excluding carboxylic acids is 1. The highest BCUT2D eigenvalue weighted by Crippen LogP contribution is 2.41. The average Bonchev–Trinajstić information content (AvgIpc) is 3.62. The zero-order valence-corrected chi connectivity index (χ0v) is 20.3. The maximum absolute atomic E-state index is 12.2. The number of carbonyl (C=O) groups is 1. The van der Waals surface area contributed by atoms with Gasteiger partial charge in [-0.15, -0.1) is 0 Å². The summed E-state index contributed by atoms with van der Waals surface area (Å²) in [6.45, 7) is 4.20. The number of anilines is 2. The molecule has 0 aliphatic carbocycles. The van der Waals surface area contributed by atoms with Crippen molar-refractivity contribution in [1.29, 1.82) is 0 Å². The molecule has 1 amide bonds. The zero-order chi connectivity index (χ0) is 24.1. The molecule has 1 saturated heterocycles. The minimum absolute atomic E-state index is 0.0183. The van der Waals surface area contributed by atoms with E-state index in [2.05, 4.69) is 32.9 Å². The number of aryl methyl sites for hydroxylation is 1. The molecule has 35 heavy (non-hydrogen) atoms. The number of rotatable bonds is 4. The van der Waals surface area contributed by atoms with E-state index in [1.54, 1.807) is 18.9 Å². The van der Waals surface area contributed by atoms with Crippen molar-refractivity contribution in [3.05, 3.63) is 53.6 Å². The predicted molar refractivity (Wildman–Crippen MR) is 132 cm³/mol. The maximum atomic E-state index is 12.2. The Kier molecular flexibility index (Phi) is 5.46. The van der Waals surface area contributed by atoms with E-state index in [0.717, 1.165) is 53.3 Å². The van der Waals surface area contributed by atoms with Gasteiger partial charge >= 0.3 is 0 Å². The molecule has 5 heterocycles. The highest BCUT2D eigenvalue weighted by atomic mass is 16.5. The van der Waals surface area contributed by atoms with Gasteiger partial charge in [0.25, 0.3) is 0 Å². The van der Waals surface area contributed by atoms with E-state index in [1.807, 2.05) is 36.4 Å². The summed E-state index contributed by atoms with van der Waals surface area (Å²) in [5.74, 6) is 0.907. The molecular weight excluding hydrogens is 444 g/mol. The quantitative estimate of drug-likeness (QED) is 0.578. The third-order valence-electron chi connectivity index (χ3n) is 7.26. The summed E-state index contributed by atoms with van der Waals surface area (Å²) in [6.07, 6.45) is 9.59. The molecule has 0 N–H and O–H groups in total. The fourth-order valence-electron chi connectivity index (χ4n) is 5.34. The smallest absolute Gasteiger partial charge is 0.223 e. The topological polar surface area (TPSA) is 77.7 Å². The van der Waals surface area contributed by atoms with Crippen LogP contribution in [0.4, 0.5) is 11.5 Å². The second-order valence-electron chi connectivity index (χ2n) is 9.53. The number of hydrogen-bond acceptors (Lipinski definition) is 6. The van der Waals surface area contributed by atoms with Gasteiger partial charge in [0, 0.05) is 63.3 Å². The lowest BCUT2D eigenvalue weighted by Gasteiger charge is -2.35. The summed E-state index contributed by atoms with van der Waals surface area (Å²) in [7, 11) is 3.70. The van der Waals surface area contributed by atoms with Gasteiger partial charge in [-0.05, 0) is 35.8 Å². The van der Waals surface area contributed by atoms with Gasteiger partial charge in [0.05, 0.1) is 43.7 Å². The van der Waals surface area contributed by atoms with E-state index < -0.39 is 0 Å². The molecule has 2 aromatic heterocycles. The van der Waals surface area contributed by atoms with Crippen molar-refractivity contribution in [2.75, 3.05) is 31.8 Å². The molecule has 1 fully saturated rings. The van der Waals surface area contributed by atoms with Crippen LogP contribution in [0.3, 0.4) is 0 Å². The summed E-state index contributed by atoms with van der Waals surface area (Å²) >= 11 is 0. The largest absolute Gasteiger partial charge is 0.379 e. The molecule has 3 aliphatic rings. The number of benzene rings is 1. The van der Waals surface area contributed by atoms with Gasteiger partial charge in [0.15, 0.2) is 5.82 Å². The molecule has 3 aromatic rings. The van der Waals surface area contributed by atoms with Crippen molar-refractivity contribution in [3.63, 3.8) is 0 Å². The monoisotopic (exact) mass is 474 g/mol. The SMILES string of the molecule is COC1Cc2cc(-c3cnn(C)c3)ccc2N(c2nn([C@H]3CCOC3)c3c2CN(C(C)=O)C=C3)C1. The van der Waals surface area contributed by atoms with E-state index in [9.17, 15) is 4.79 Å². The first-order chi connectivity index (χ1) is 17.0. The number of fused-ring (bicyclic) bond motifs is 2. The number of aromatic nitrogens is 4. The minimum Gasteiger partial charge on any atom is -0.379 e. The van der Waals surface area contributed by atoms with Gasteiger partial charge in [-0.1, -0.05) is 6.07 Å². The van der Waals surface area contributed by atoms with Gasteiger partial charge in [-0.25, -0.2) is 0 Å². The van der Waals surface area contributed by atoms with Gasteiger partial charge in [-0.3, -0.25) is 14.2 Å². The standard InChI is InChI=1S/C26H30N6O3/c1-17(33)30-8-6-25-23(15-30)26(28-32(25)21-7-9-35-16-21)31-14-22(34-3)11-19-10-18(4-5-24(19)31)20-12-27-29(2)13-20/h4-6,8,10,12-13,21-22H,7,9,11,14-16H2,1-3H3/t21-,22?/m0/s1. The Balaban J connectivity index is 1.46. The average molecular weight is 475 g/mol. The molecule has 6 rings (SSSR count). The van der Waals surface area contributed by atoms with E-state index in [-0.39, 0.29) is 18.1 Å². The van der Waals surface area contributed by atoms with Crippen molar-refractivity contribution in [2.24, 2.45) is 7.05 Å². The molecule has 1 aromatic carbocycles. The molecule has 9 heteroatoms. The van der Waals surface area contributed by atoms with Crippen LogP contribution in [0.2, 0.25) is 0 Å². The number of ether oxygens (including phenoxy) is 2. The molecular formula is C26H30N6O3. The first kappa shape index (κ1) is 22.1.